The van der Waals surface area contributed by atoms with Gasteiger partial charge in [-0.15, -0.1) is 0 Å². The summed E-state index contributed by atoms with van der Waals surface area (Å²) in [7, 11) is 0. The molecule has 6 heteroatoms. The number of amides is 2. The van der Waals surface area contributed by atoms with Crippen molar-refractivity contribution in [3.8, 4) is 0 Å². The minimum Gasteiger partial charge on any atom is -0.365 e. The number of carbonyl (C=O) groups excluding carboxylic acids is 1. The van der Waals surface area contributed by atoms with Gasteiger partial charge in [0.1, 0.15) is 0 Å². The van der Waals surface area contributed by atoms with Crippen molar-refractivity contribution < 1.29 is 9.90 Å². The van der Waals surface area contributed by atoms with Crippen LogP contribution in [0.1, 0.15) is 30.9 Å². The van der Waals surface area contributed by atoms with E-state index in [0.717, 1.165) is 26.6 Å². The highest BCUT2D eigenvalue weighted by atomic mass is 79.9. The molecule has 160 valence electrons. The number of aliphatic hydroxyl groups is 1. The molecule has 1 fully saturated rings. The first-order valence-electron chi connectivity index (χ1n) is 10.3. The Bertz CT molecular complexity index is 1090. The fourth-order valence-electron chi connectivity index (χ4n) is 4.30. The summed E-state index contributed by atoms with van der Waals surface area (Å²) in [5, 5.41) is 12.4. The van der Waals surface area contributed by atoms with Crippen LogP contribution in [0.5, 0.6) is 0 Å². The van der Waals surface area contributed by atoms with Gasteiger partial charge in [0.05, 0.1) is 6.04 Å². The third-order valence-corrected chi connectivity index (χ3v) is 6.77. The van der Waals surface area contributed by atoms with Gasteiger partial charge < -0.3 is 5.11 Å². The van der Waals surface area contributed by atoms with Crippen LogP contribution < -0.4 is 9.80 Å². The number of halogens is 2. The van der Waals surface area contributed by atoms with Crippen LogP contribution in [-0.4, -0.2) is 17.2 Å². The summed E-state index contributed by atoms with van der Waals surface area (Å²) in [5.41, 5.74) is 1.64. The fraction of sp³-hybridized carbons (Fsp3) is 0.240. The summed E-state index contributed by atoms with van der Waals surface area (Å²) in [5.74, 6) is 0. The van der Waals surface area contributed by atoms with Gasteiger partial charge in [-0.05, 0) is 61.9 Å². The Kier molecular flexibility index (Phi) is 6.24. The molecule has 0 bridgehead atoms. The molecule has 0 aliphatic carbocycles. The zero-order chi connectivity index (χ0) is 22.2. The first kappa shape index (κ1) is 22.1. The molecular weight excluding hydrogens is 520 g/mol. The molecule has 2 amide bonds. The molecule has 4 nitrogen and oxygen atoms in total. The number of nitrogens with zero attached hydrogens (tertiary/aromatic N) is 2. The lowest BCUT2D eigenvalue weighted by atomic mass is 9.90. The molecule has 0 radical (unpaired) electrons. The van der Waals surface area contributed by atoms with Crippen molar-refractivity contribution in [3.63, 3.8) is 0 Å². The summed E-state index contributed by atoms with van der Waals surface area (Å²) >= 11 is 6.93. The van der Waals surface area contributed by atoms with E-state index in [0.29, 0.717) is 17.7 Å². The highest BCUT2D eigenvalue weighted by molar-refractivity contribution is 9.10. The van der Waals surface area contributed by atoms with Crippen molar-refractivity contribution in [1.82, 2.24) is 0 Å². The van der Waals surface area contributed by atoms with E-state index < -0.39 is 11.8 Å². The maximum absolute atomic E-state index is 13.9. The van der Waals surface area contributed by atoms with Crippen LogP contribution in [-0.2, 0) is 5.72 Å². The lowest BCUT2D eigenvalue weighted by Gasteiger charge is -2.37. The topological polar surface area (TPSA) is 43.8 Å². The SMILES string of the molecule is CCC[C@@H]1N(c2ccc(Br)cc2)C(=O)N(c2ccc(Br)cc2)C1(O)c1cccc(C)c1. The smallest absolute Gasteiger partial charge is 0.332 e. The van der Waals surface area contributed by atoms with E-state index in [2.05, 4.69) is 38.8 Å². The van der Waals surface area contributed by atoms with Gasteiger partial charge in [0.2, 0.25) is 0 Å². The Balaban J connectivity index is 1.95. The average molecular weight is 544 g/mol. The Morgan fingerprint density at radius 2 is 1.52 bits per heavy atom. The second-order valence-electron chi connectivity index (χ2n) is 7.84. The monoisotopic (exact) mass is 542 g/mol. The van der Waals surface area contributed by atoms with Gasteiger partial charge in [-0.3, -0.25) is 9.80 Å². The van der Waals surface area contributed by atoms with Gasteiger partial charge in [0.15, 0.2) is 5.72 Å². The van der Waals surface area contributed by atoms with Gasteiger partial charge in [-0.2, -0.15) is 0 Å². The number of hydrogen-bond donors (Lipinski definition) is 1. The molecule has 1 unspecified atom stereocenters. The number of carbonyl (C=O) groups is 1. The summed E-state index contributed by atoms with van der Waals surface area (Å²) in [6, 6.07) is 22.2. The summed E-state index contributed by atoms with van der Waals surface area (Å²) in [6.07, 6.45) is 1.48. The normalized spacial score (nSPS) is 21.1. The van der Waals surface area contributed by atoms with Crippen LogP contribution in [0.4, 0.5) is 16.2 Å². The Hall–Kier alpha value is -2.15. The highest BCUT2D eigenvalue weighted by Crippen LogP contribution is 2.46. The predicted octanol–water partition coefficient (Wildman–Crippen LogP) is 6.98. The molecule has 0 saturated carbocycles. The quantitative estimate of drug-likeness (QED) is 0.377. The minimum absolute atomic E-state index is 0.243. The van der Waals surface area contributed by atoms with E-state index >= 15 is 0 Å². The van der Waals surface area contributed by atoms with E-state index in [9.17, 15) is 9.90 Å². The lowest BCUT2D eigenvalue weighted by molar-refractivity contribution is 0.0289. The molecule has 1 saturated heterocycles. The van der Waals surface area contributed by atoms with Crippen LogP contribution in [0, 0.1) is 6.92 Å². The van der Waals surface area contributed by atoms with Gasteiger partial charge in [0, 0.05) is 25.9 Å². The van der Waals surface area contributed by atoms with Crippen LogP contribution in [0.3, 0.4) is 0 Å². The largest absolute Gasteiger partial charge is 0.365 e. The van der Waals surface area contributed by atoms with Crippen LogP contribution in [0.25, 0.3) is 0 Å². The van der Waals surface area contributed by atoms with Gasteiger partial charge in [-0.1, -0.05) is 75.0 Å². The Morgan fingerprint density at radius 1 is 0.935 bits per heavy atom. The zero-order valence-electron chi connectivity index (χ0n) is 17.4. The second kappa shape index (κ2) is 8.77. The van der Waals surface area contributed by atoms with E-state index in [4.69, 9.17) is 0 Å². The first-order chi connectivity index (χ1) is 14.9. The molecular formula is C25H24Br2N2O2. The molecule has 1 N–H and O–H groups in total. The molecule has 0 spiro atoms. The van der Waals surface area contributed by atoms with Crippen molar-refractivity contribution in [1.29, 1.82) is 0 Å². The van der Waals surface area contributed by atoms with Crippen LogP contribution >= 0.6 is 31.9 Å². The van der Waals surface area contributed by atoms with E-state index in [1.54, 1.807) is 4.90 Å². The lowest BCUT2D eigenvalue weighted by Crippen LogP contribution is -2.49. The Labute approximate surface area is 199 Å². The molecule has 2 atom stereocenters. The molecule has 0 aromatic heterocycles. The molecule has 31 heavy (non-hydrogen) atoms. The zero-order valence-corrected chi connectivity index (χ0v) is 20.6. The molecule has 1 aliphatic rings. The maximum Gasteiger partial charge on any atom is 0.332 e. The first-order valence-corrected chi connectivity index (χ1v) is 11.9. The minimum atomic E-state index is -1.51. The summed E-state index contributed by atoms with van der Waals surface area (Å²) in [6.45, 7) is 4.07. The van der Waals surface area contributed by atoms with E-state index in [1.807, 2.05) is 79.7 Å². The van der Waals surface area contributed by atoms with E-state index in [1.165, 1.54) is 4.90 Å². The third-order valence-electron chi connectivity index (χ3n) is 5.71. The second-order valence-corrected chi connectivity index (χ2v) is 9.67. The van der Waals surface area contributed by atoms with Crippen LogP contribution in [0.15, 0.2) is 81.7 Å². The average Bonchev–Trinajstić information content (AvgIpc) is 2.97. The number of benzene rings is 3. The van der Waals surface area contributed by atoms with Gasteiger partial charge >= 0.3 is 6.03 Å². The fourth-order valence-corrected chi connectivity index (χ4v) is 4.83. The number of urea groups is 1. The third kappa shape index (κ3) is 3.93. The molecule has 1 heterocycles. The van der Waals surface area contributed by atoms with Crippen molar-refractivity contribution in [2.45, 2.75) is 38.5 Å². The summed E-state index contributed by atoms with van der Waals surface area (Å²) in [4.78, 5) is 17.2. The number of rotatable bonds is 5. The number of anilines is 2. The highest BCUT2D eigenvalue weighted by Gasteiger charge is 2.58. The van der Waals surface area contributed by atoms with Crippen molar-refractivity contribution in [2.75, 3.05) is 9.80 Å². The van der Waals surface area contributed by atoms with E-state index in [-0.39, 0.29) is 6.03 Å². The van der Waals surface area contributed by atoms with Crippen LogP contribution in [0.2, 0.25) is 0 Å². The van der Waals surface area contributed by atoms with Crippen molar-refractivity contribution in [3.05, 3.63) is 92.9 Å². The van der Waals surface area contributed by atoms with Gasteiger partial charge in [0.25, 0.3) is 0 Å². The molecule has 4 rings (SSSR count). The number of hydrogen-bond acceptors (Lipinski definition) is 2. The van der Waals surface area contributed by atoms with Gasteiger partial charge in [-0.25, -0.2) is 4.79 Å². The molecule has 3 aromatic carbocycles. The summed E-state index contributed by atoms with van der Waals surface area (Å²) < 4.78 is 1.85. The predicted molar refractivity (Wildman–Crippen MR) is 132 cm³/mol. The number of aryl methyl sites for hydroxylation is 1. The molecule has 1 aliphatic heterocycles. The van der Waals surface area contributed by atoms with Crippen molar-refractivity contribution >= 4 is 49.3 Å². The standard InChI is InChI=1S/C25H24Br2N2O2/c1-3-5-23-25(31,18-7-4-6-17(2)16-18)29(22-14-10-20(27)11-15-22)24(30)28(23)21-12-8-19(26)9-13-21/h4,6-16,23,31H,3,5H2,1-2H3/t23-,25?/m0/s1. The maximum atomic E-state index is 13.9. The molecule has 3 aromatic rings. The van der Waals surface area contributed by atoms with Crippen molar-refractivity contribution in [2.24, 2.45) is 0 Å². The Morgan fingerprint density at radius 3 is 2.06 bits per heavy atom.